The van der Waals surface area contributed by atoms with Gasteiger partial charge in [-0.05, 0) is 19.1 Å². The van der Waals surface area contributed by atoms with Crippen LogP contribution in [0.1, 0.15) is 6.92 Å². The zero-order valence-corrected chi connectivity index (χ0v) is 11.5. The quantitative estimate of drug-likeness (QED) is 0.780. The van der Waals surface area contributed by atoms with Gasteiger partial charge < -0.3 is 9.64 Å². The Hall–Kier alpha value is -2.42. The highest BCUT2D eigenvalue weighted by Crippen LogP contribution is 2.45. The monoisotopic (exact) mass is 272 g/mol. The zero-order valence-electron chi connectivity index (χ0n) is 11.5. The molecule has 0 aromatic heterocycles. The minimum atomic E-state index is -0.402. The van der Waals surface area contributed by atoms with Gasteiger partial charge in [-0.15, -0.1) is 0 Å². The van der Waals surface area contributed by atoms with Crippen LogP contribution in [-0.4, -0.2) is 37.5 Å². The number of para-hydroxylation sites is 2. The van der Waals surface area contributed by atoms with Gasteiger partial charge in [0.25, 0.3) is 0 Å². The third-order valence-corrected chi connectivity index (χ3v) is 3.79. The Morgan fingerprint density at radius 1 is 1.45 bits per heavy atom. The highest BCUT2D eigenvalue weighted by atomic mass is 16.6. The van der Waals surface area contributed by atoms with Crippen LogP contribution in [0.15, 0.2) is 24.3 Å². The second kappa shape index (κ2) is 4.60. The first-order chi connectivity index (χ1) is 9.69. The number of fused-ring (bicyclic) bond motifs is 3. The maximum Gasteiger partial charge on any atom is 0.428 e. The number of ether oxygens (including phenoxy) is 1. The van der Waals surface area contributed by atoms with Crippen LogP contribution in [-0.2, 0) is 4.74 Å². The second-order valence-electron chi connectivity index (χ2n) is 4.87. The summed E-state index contributed by atoms with van der Waals surface area (Å²) in [6.45, 7) is 2.46. The van der Waals surface area contributed by atoms with Crippen molar-refractivity contribution in [3.05, 3.63) is 24.3 Å². The number of hydrazine groups is 1. The van der Waals surface area contributed by atoms with E-state index >= 15 is 0 Å². The van der Waals surface area contributed by atoms with Crippen LogP contribution in [0.25, 0.3) is 0 Å². The van der Waals surface area contributed by atoms with Gasteiger partial charge in [0.15, 0.2) is 0 Å². The van der Waals surface area contributed by atoms with Crippen molar-refractivity contribution >= 4 is 17.5 Å². The minimum Gasteiger partial charge on any atom is -0.448 e. The summed E-state index contributed by atoms with van der Waals surface area (Å²) in [5.41, 5.74) is 1.96. The fraction of sp³-hybridized carbons (Fsp3) is 0.429. The van der Waals surface area contributed by atoms with Crippen molar-refractivity contribution in [1.29, 1.82) is 5.26 Å². The lowest BCUT2D eigenvalue weighted by molar-refractivity contribution is 0.111. The van der Waals surface area contributed by atoms with E-state index in [1.165, 1.54) is 5.01 Å². The number of carbonyl (C=O) groups is 1. The van der Waals surface area contributed by atoms with Gasteiger partial charge in [0.05, 0.1) is 30.6 Å². The molecule has 1 fully saturated rings. The lowest BCUT2D eigenvalue weighted by Crippen LogP contribution is -2.47. The molecule has 2 atom stereocenters. The van der Waals surface area contributed by atoms with Crippen molar-refractivity contribution in [2.75, 3.05) is 30.1 Å². The Kier molecular flexibility index (Phi) is 2.90. The summed E-state index contributed by atoms with van der Waals surface area (Å²) in [7, 11) is 1.95. The molecular weight excluding hydrogens is 256 g/mol. The molecule has 6 heteroatoms. The average Bonchev–Trinajstić information content (AvgIpc) is 2.98. The maximum atomic E-state index is 12.1. The summed E-state index contributed by atoms with van der Waals surface area (Å²) >= 11 is 0. The summed E-state index contributed by atoms with van der Waals surface area (Å²) in [6, 6.07) is 10.1. The molecule has 0 aliphatic carbocycles. The highest BCUT2D eigenvalue weighted by molar-refractivity contribution is 5.82. The molecule has 0 N–H and O–H groups in total. The van der Waals surface area contributed by atoms with Crippen molar-refractivity contribution in [2.45, 2.75) is 13.1 Å². The number of nitriles is 1. The maximum absolute atomic E-state index is 12.1. The number of anilines is 2. The number of hydrogen-bond acceptors (Lipinski definition) is 5. The van der Waals surface area contributed by atoms with E-state index < -0.39 is 6.09 Å². The second-order valence-corrected chi connectivity index (χ2v) is 4.87. The van der Waals surface area contributed by atoms with Gasteiger partial charge in [-0.3, -0.25) is 5.01 Å². The third-order valence-electron chi connectivity index (χ3n) is 3.79. The lowest BCUT2D eigenvalue weighted by atomic mass is 10.1. The molecule has 20 heavy (non-hydrogen) atoms. The number of hydrogen-bond donors (Lipinski definition) is 0. The average molecular weight is 272 g/mol. The van der Waals surface area contributed by atoms with Gasteiger partial charge >= 0.3 is 6.09 Å². The summed E-state index contributed by atoms with van der Waals surface area (Å²) < 4.78 is 5.09. The van der Waals surface area contributed by atoms with Gasteiger partial charge in [-0.25, -0.2) is 9.80 Å². The van der Waals surface area contributed by atoms with E-state index in [1.54, 1.807) is 6.92 Å². The summed E-state index contributed by atoms with van der Waals surface area (Å²) in [5.74, 6) is -0.267. The Morgan fingerprint density at radius 2 is 2.15 bits per heavy atom. The van der Waals surface area contributed by atoms with Gasteiger partial charge in [0, 0.05) is 7.05 Å². The molecule has 1 aromatic rings. The molecule has 2 unspecified atom stereocenters. The molecule has 0 radical (unpaired) electrons. The van der Waals surface area contributed by atoms with Crippen molar-refractivity contribution in [3.8, 4) is 6.07 Å². The van der Waals surface area contributed by atoms with E-state index in [0.29, 0.717) is 13.2 Å². The molecule has 0 spiro atoms. The standard InChI is InChI=1S/C14H16N4O2/c1-3-20-14(19)17-9-10(8-15)13-16(2)11-6-4-5-7-12(11)18(13)17/h4-7,10,13H,3,9H2,1-2H3. The van der Waals surface area contributed by atoms with Crippen LogP contribution in [0.3, 0.4) is 0 Å². The minimum absolute atomic E-state index is 0.151. The van der Waals surface area contributed by atoms with Gasteiger partial charge in [0.2, 0.25) is 0 Å². The molecule has 2 aliphatic rings. The van der Waals surface area contributed by atoms with Crippen LogP contribution in [0, 0.1) is 17.2 Å². The van der Waals surface area contributed by atoms with Crippen LogP contribution in [0.5, 0.6) is 0 Å². The van der Waals surface area contributed by atoms with E-state index in [9.17, 15) is 10.1 Å². The van der Waals surface area contributed by atoms with Crippen molar-refractivity contribution in [1.82, 2.24) is 5.01 Å². The summed E-state index contributed by atoms with van der Waals surface area (Å²) in [6.07, 6.45) is -0.554. The van der Waals surface area contributed by atoms with Crippen molar-refractivity contribution in [2.24, 2.45) is 5.92 Å². The van der Waals surface area contributed by atoms with Gasteiger partial charge in [-0.1, -0.05) is 12.1 Å². The predicted molar refractivity (Wildman–Crippen MR) is 73.9 cm³/mol. The highest BCUT2D eigenvalue weighted by Gasteiger charge is 2.50. The molecule has 3 rings (SSSR count). The number of benzene rings is 1. The first-order valence-electron chi connectivity index (χ1n) is 6.64. The van der Waals surface area contributed by atoms with E-state index in [-0.39, 0.29) is 12.1 Å². The van der Waals surface area contributed by atoms with E-state index in [1.807, 2.05) is 41.2 Å². The molecule has 1 amide bonds. The number of amides is 1. The smallest absolute Gasteiger partial charge is 0.428 e. The fourth-order valence-corrected chi connectivity index (χ4v) is 2.95. The molecule has 2 aliphatic heterocycles. The molecule has 2 heterocycles. The SMILES string of the molecule is CCOC(=O)N1CC(C#N)C2N(C)c3ccccc3N21. The Morgan fingerprint density at radius 3 is 2.80 bits per heavy atom. The molecule has 0 bridgehead atoms. The summed E-state index contributed by atoms with van der Waals surface area (Å²) in [5, 5.41) is 12.8. The Balaban J connectivity index is 2.02. The number of rotatable bonds is 1. The first-order valence-corrected chi connectivity index (χ1v) is 6.64. The van der Waals surface area contributed by atoms with E-state index in [0.717, 1.165) is 11.4 Å². The fourth-order valence-electron chi connectivity index (χ4n) is 2.95. The van der Waals surface area contributed by atoms with Gasteiger partial charge in [-0.2, -0.15) is 5.26 Å². The largest absolute Gasteiger partial charge is 0.448 e. The molecule has 1 aromatic carbocycles. The van der Waals surface area contributed by atoms with Crippen molar-refractivity contribution < 1.29 is 9.53 Å². The van der Waals surface area contributed by atoms with Crippen LogP contribution < -0.4 is 9.91 Å². The number of carbonyl (C=O) groups excluding carboxylic acids is 1. The summed E-state index contributed by atoms with van der Waals surface area (Å²) in [4.78, 5) is 14.1. The van der Waals surface area contributed by atoms with Crippen LogP contribution in [0.2, 0.25) is 0 Å². The third kappa shape index (κ3) is 1.59. The van der Waals surface area contributed by atoms with E-state index in [4.69, 9.17) is 4.74 Å². The molecule has 6 nitrogen and oxygen atoms in total. The van der Waals surface area contributed by atoms with Crippen LogP contribution >= 0.6 is 0 Å². The van der Waals surface area contributed by atoms with Gasteiger partial charge in [0.1, 0.15) is 12.1 Å². The predicted octanol–water partition coefficient (Wildman–Crippen LogP) is 1.80. The number of nitrogens with zero attached hydrogens (tertiary/aromatic N) is 4. The van der Waals surface area contributed by atoms with Crippen molar-refractivity contribution in [3.63, 3.8) is 0 Å². The molecular formula is C14H16N4O2. The molecule has 0 saturated carbocycles. The normalized spacial score (nSPS) is 23.4. The first kappa shape index (κ1) is 12.6. The van der Waals surface area contributed by atoms with Crippen LogP contribution in [0.4, 0.5) is 16.2 Å². The van der Waals surface area contributed by atoms with E-state index in [2.05, 4.69) is 6.07 Å². The topological polar surface area (TPSA) is 59.8 Å². The lowest BCUT2D eigenvalue weighted by Gasteiger charge is -2.29. The zero-order chi connectivity index (χ0) is 14.3. The molecule has 104 valence electrons. The Bertz CT molecular complexity index is 583. The Labute approximate surface area is 117 Å². The molecule has 1 saturated heterocycles.